The van der Waals surface area contributed by atoms with Gasteiger partial charge >= 0.3 is 0 Å². The van der Waals surface area contributed by atoms with Crippen LogP contribution in [0.15, 0.2) is 0 Å². The first-order valence-electron chi connectivity index (χ1n) is 4.53. The second-order valence-corrected chi connectivity index (χ2v) is 4.55. The molecule has 3 atom stereocenters. The maximum Gasteiger partial charge on any atom is 0.270 e. The number of nitrogens with zero attached hydrogens (tertiary/aromatic N) is 1. The second-order valence-electron chi connectivity index (χ2n) is 3.48. The number of aromatic amines is 1. The highest BCUT2D eigenvalue weighted by molar-refractivity contribution is 14.1. The van der Waals surface area contributed by atoms with Crippen LogP contribution in [-0.2, 0) is 4.74 Å². The molecule has 1 saturated heterocycles. The van der Waals surface area contributed by atoms with E-state index in [1.165, 1.54) is 0 Å². The number of primary amides is 1. The van der Waals surface area contributed by atoms with Crippen molar-refractivity contribution in [3.05, 3.63) is 15.0 Å². The molecule has 7 nitrogen and oxygen atoms in total. The molecule has 1 fully saturated rings. The summed E-state index contributed by atoms with van der Waals surface area (Å²) in [6, 6.07) is 0. The Balaban J connectivity index is 2.31. The van der Waals surface area contributed by atoms with E-state index in [0.717, 1.165) is 0 Å². The third-order valence-corrected chi connectivity index (χ3v) is 3.49. The molecule has 2 rings (SSSR count). The molecule has 0 spiro atoms. The lowest BCUT2D eigenvalue weighted by Crippen LogP contribution is -2.25. The van der Waals surface area contributed by atoms with E-state index in [4.69, 9.17) is 10.5 Å². The van der Waals surface area contributed by atoms with E-state index in [9.17, 15) is 15.0 Å². The summed E-state index contributed by atoms with van der Waals surface area (Å²) < 4.78 is 5.71. The lowest BCUT2D eigenvalue weighted by atomic mass is 10.1. The van der Waals surface area contributed by atoms with Gasteiger partial charge in [-0.25, -0.2) is 0 Å². The van der Waals surface area contributed by atoms with Crippen LogP contribution in [0.2, 0.25) is 0 Å². The van der Waals surface area contributed by atoms with Crippen LogP contribution >= 0.6 is 22.6 Å². The van der Waals surface area contributed by atoms with Crippen LogP contribution in [-0.4, -0.2) is 45.1 Å². The van der Waals surface area contributed by atoms with Crippen molar-refractivity contribution in [3.63, 3.8) is 0 Å². The van der Waals surface area contributed by atoms with Crippen LogP contribution < -0.4 is 5.73 Å². The van der Waals surface area contributed by atoms with Crippen molar-refractivity contribution in [1.82, 2.24) is 10.2 Å². The van der Waals surface area contributed by atoms with Gasteiger partial charge in [-0.15, -0.1) is 0 Å². The third-order valence-electron chi connectivity index (χ3n) is 2.40. The van der Waals surface area contributed by atoms with Crippen molar-refractivity contribution in [2.24, 2.45) is 5.73 Å². The highest BCUT2D eigenvalue weighted by atomic mass is 127. The Bertz CT molecular complexity index is 421. The fourth-order valence-corrected chi connectivity index (χ4v) is 2.36. The van der Waals surface area contributed by atoms with E-state index in [-0.39, 0.29) is 12.3 Å². The summed E-state index contributed by atoms with van der Waals surface area (Å²) in [5.74, 6) is -0.653. The molecule has 5 N–H and O–H groups in total. The van der Waals surface area contributed by atoms with Gasteiger partial charge in [0.1, 0.15) is 18.3 Å². The molecule has 0 bridgehead atoms. The molecule has 1 aliphatic heterocycles. The maximum atomic E-state index is 11.0. The van der Waals surface area contributed by atoms with Crippen LogP contribution in [0.5, 0.6) is 0 Å². The van der Waals surface area contributed by atoms with Gasteiger partial charge in [-0.05, 0) is 22.6 Å². The Morgan fingerprint density at radius 3 is 2.75 bits per heavy atom. The zero-order valence-corrected chi connectivity index (χ0v) is 10.2. The molecule has 88 valence electrons. The molecule has 1 amide bonds. The fourth-order valence-electron chi connectivity index (χ4n) is 1.55. The van der Waals surface area contributed by atoms with Crippen molar-refractivity contribution < 1.29 is 19.7 Å². The molecule has 0 aliphatic carbocycles. The first-order valence-corrected chi connectivity index (χ1v) is 5.61. The van der Waals surface area contributed by atoms with E-state index in [1.807, 2.05) is 22.6 Å². The molecule has 16 heavy (non-hydrogen) atoms. The van der Waals surface area contributed by atoms with Crippen LogP contribution in [0.4, 0.5) is 0 Å². The van der Waals surface area contributed by atoms with Gasteiger partial charge in [0.15, 0.2) is 5.69 Å². The van der Waals surface area contributed by atoms with Crippen LogP contribution in [0, 0.1) is 3.57 Å². The number of hydrogen-bond donors (Lipinski definition) is 4. The SMILES string of the molecule is NC(=O)c1n[nH]c(C2OCC(O)C2O)c1I. The minimum atomic E-state index is -1.03. The number of halogens is 1. The Morgan fingerprint density at radius 2 is 2.31 bits per heavy atom. The molecule has 0 radical (unpaired) electrons. The quantitative estimate of drug-likeness (QED) is 0.510. The fraction of sp³-hybridized carbons (Fsp3) is 0.500. The molecule has 8 heteroatoms. The first kappa shape index (κ1) is 11.8. The normalized spacial score (nSPS) is 29.6. The summed E-state index contributed by atoms with van der Waals surface area (Å²) in [4.78, 5) is 11.0. The van der Waals surface area contributed by atoms with E-state index >= 15 is 0 Å². The zero-order chi connectivity index (χ0) is 11.9. The number of ether oxygens (including phenoxy) is 1. The second kappa shape index (κ2) is 4.28. The minimum Gasteiger partial charge on any atom is -0.388 e. The summed E-state index contributed by atoms with van der Waals surface area (Å²) in [5.41, 5.74) is 5.67. The van der Waals surface area contributed by atoms with Gasteiger partial charge in [0.2, 0.25) is 0 Å². The lowest BCUT2D eigenvalue weighted by Gasteiger charge is -2.13. The number of aliphatic hydroxyl groups excluding tert-OH is 2. The van der Waals surface area contributed by atoms with Crippen molar-refractivity contribution in [1.29, 1.82) is 0 Å². The van der Waals surface area contributed by atoms with Crippen molar-refractivity contribution in [2.75, 3.05) is 6.61 Å². The number of aliphatic hydroxyl groups is 2. The van der Waals surface area contributed by atoms with E-state index in [0.29, 0.717) is 9.26 Å². The van der Waals surface area contributed by atoms with Crippen LogP contribution in [0.25, 0.3) is 0 Å². The number of carbonyl (C=O) groups excluding carboxylic acids is 1. The third kappa shape index (κ3) is 1.81. The smallest absolute Gasteiger partial charge is 0.270 e. The summed E-state index contributed by atoms with van der Waals surface area (Å²) in [6.45, 7) is 0.0485. The lowest BCUT2D eigenvalue weighted by molar-refractivity contribution is 0.0201. The van der Waals surface area contributed by atoms with Crippen LogP contribution in [0.1, 0.15) is 22.3 Å². The summed E-state index contributed by atoms with van der Waals surface area (Å²) in [5, 5.41) is 25.3. The highest BCUT2D eigenvalue weighted by Crippen LogP contribution is 2.31. The highest BCUT2D eigenvalue weighted by Gasteiger charge is 2.38. The van der Waals surface area contributed by atoms with Gasteiger partial charge in [-0.3, -0.25) is 9.89 Å². The Hall–Kier alpha value is -0.710. The zero-order valence-electron chi connectivity index (χ0n) is 8.05. The Labute approximate surface area is 104 Å². The predicted octanol–water partition coefficient (Wildman–Crippen LogP) is -1.09. The summed E-state index contributed by atoms with van der Waals surface area (Å²) in [7, 11) is 0. The van der Waals surface area contributed by atoms with Gasteiger partial charge in [0.05, 0.1) is 15.9 Å². The topological polar surface area (TPSA) is 121 Å². The van der Waals surface area contributed by atoms with Crippen molar-refractivity contribution in [2.45, 2.75) is 18.3 Å². The molecule has 0 saturated carbocycles. The van der Waals surface area contributed by atoms with E-state index in [2.05, 4.69) is 10.2 Å². The number of nitrogens with one attached hydrogen (secondary N) is 1. The number of aromatic nitrogens is 2. The molecular formula is C8H10IN3O4. The monoisotopic (exact) mass is 339 g/mol. The average Bonchev–Trinajstić information content (AvgIpc) is 2.73. The molecule has 1 aromatic heterocycles. The Kier molecular flexibility index (Phi) is 3.15. The van der Waals surface area contributed by atoms with Gasteiger partial charge in [0, 0.05) is 0 Å². The first-order chi connectivity index (χ1) is 7.52. The van der Waals surface area contributed by atoms with Gasteiger partial charge in [0.25, 0.3) is 5.91 Å². The predicted molar refractivity (Wildman–Crippen MR) is 60.5 cm³/mol. The number of nitrogens with two attached hydrogens (primary N) is 1. The van der Waals surface area contributed by atoms with Gasteiger partial charge < -0.3 is 20.7 Å². The molecule has 0 aromatic carbocycles. The number of rotatable bonds is 2. The molecule has 1 aliphatic rings. The molecule has 3 unspecified atom stereocenters. The standard InChI is InChI=1S/C8H10IN3O4/c9-3-4(11-12-5(3)8(10)15)7-6(14)2(13)1-16-7/h2,6-7,13-14H,1H2,(H2,10,15)(H,11,12). The van der Waals surface area contributed by atoms with Crippen molar-refractivity contribution >= 4 is 28.5 Å². The number of H-pyrrole nitrogens is 1. The number of carbonyl (C=O) groups is 1. The van der Waals surface area contributed by atoms with E-state index < -0.39 is 24.2 Å². The average molecular weight is 339 g/mol. The van der Waals surface area contributed by atoms with Gasteiger partial charge in [-0.2, -0.15) is 5.10 Å². The summed E-state index contributed by atoms with van der Waals surface area (Å²) >= 11 is 1.89. The molecule has 1 aromatic rings. The van der Waals surface area contributed by atoms with Gasteiger partial charge in [-0.1, -0.05) is 0 Å². The summed E-state index contributed by atoms with van der Waals surface area (Å²) in [6.07, 6.45) is -2.67. The minimum absolute atomic E-state index is 0.0485. The van der Waals surface area contributed by atoms with Crippen molar-refractivity contribution in [3.8, 4) is 0 Å². The maximum absolute atomic E-state index is 11.0. The molecule has 2 heterocycles. The number of amides is 1. The molecular weight excluding hydrogens is 329 g/mol. The Morgan fingerprint density at radius 1 is 1.62 bits per heavy atom. The largest absolute Gasteiger partial charge is 0.388 e. The van der Waals surface area contributed by atoms with Crippen LogP contribution in [0.3, 0.4) is 0 Å². The van der Waals surface area contributed by atoms with E-state index in [1.54, 1.807) is 0 Å². The number of hydrogen-bond acceptors (Lipinski definition) is 5.